The van der Waals surface area contributed by atoms with Gasteiger partial charge in [-0.25, -0.2) is 0 Å². The lowest BCUT2D eigenvalue weighted by Gasteiger charge is -2.30. The maximum atomic E-state index is 11.0. The first kappa shape index (κ1) is 14.6. The number of rotatable bonds is 4. The Balaban J connectivity index is 3.07. The first-order valence-corrected chi connectivity index (χ1v) is 6.03. The van der Waals surface area contributed by atoms with Crippen LogP contribution in [0.4, 0.5) is 5.69 Å². The lowest BCUT2D eigenvalue weighted by Crippen LogP contribution is -2.40. The van der Waals surface area contributed by atoms with Gasteiger partial charge in [0.15, 0.2) is 0 Å². The molecule has 1 aromatic rings. The quantitative estimate of drug-likeness (QED) is 0.659. The highest BCUT2D eigenvalue weighted by Gasteiger charge is 2.27. The number of hydrogen-bond acceptors (Lipinski definition) is 4. The van der Waals surface area contributed by atoms with E-state index in [1.807, 2.05) is 14.0 Å². The number of nitrogens with one attached hydrogen (secondary N) is 1. The molecule has 1 heterocycles. The van der Waals surface area contributed by atoms with Crippen LogP contribution in [0, 0.1) is 22.5 Å². The van der Waals surface area contributed by atoms with E-state index in [-0.39, 0.29) is 22.1 Å². The summed E-state index contributed by atoms with van der Waals surface area (Å²) in [5.41, 5.74) is 1.48. The van der Waals surface area contributed by atoms with Crippen molar-refractivity contribution in [3.05, 3.63) is 33.6 Å². The average molecular weight is 251 g/mol. The molecule has 18 heavy (non-hydrogen) atoms. The molecule has 1 rings (SSSR count). The molecule has 0 aliphatic rings. The fraction of sp³-hybridized carbons (Fsp3) is 0.615. The molecule has 0 spiro atoms. The van der Waals surface area contributed by atoms with Gasteiger partial charge in [0.1, 0.15) is 5.69 Å². The number of hydrogen-bond donors (Lipinski definition) is 1. The second-order valence-corrected chi connectivity index (χ2v) is 5.65. The Kier molecular flexibility index (Phi) is 4.40. The molecule has 0 saturated carbocycles. The van der Waals surface area contributed by atoms with Gasteiger partial charge in [0.2, 0.25) is 0 Å². The molecule has 1 unspecified atom stereocenters. The van der Waals surface area contributed by atoms with Gasteiger partial charge < -0.3 is 5.32 Å². The SMILES string of the molecule is CNC(Cc1ncc(C)cc1[N+](=O)[O-])C(C)(C)C. The molecular weight excluding hydrogens is 230 g/mol. The number of pyridine rings is 1. The largest absolute Gasteiger partial charge is 0.316 e. The van der Waals surface area contributed by atoms with Crippen LogP contribution in [-0.2, 0) is 6.42 Å². The van der Waals surface area contributed by atoms with Gasteiger partial charge in [0.25, 0.3) is 5.69 Å². The molecule has 0 saturated heterocycles. The van der Waals surface area contributed by atoms with Crippen LogP contribution in [0.3, 0.4) is 0 Å². The van der Waals surface area contributed by atoms with Crippen LogP contribution in [0.5, 0.6) is 0 Å². The van der Waals surface area contributed by atoms with Crippen molar-refractivity contribution in [2.45, 2.75) is 40.2 Å². The molecule has 0 fully saturated rings. The summed E-state index contributed by atoms with van der Waals surface area (Å²) in [6, 6.07) is 1.73. The standard InChI is InChI=1S/C13H21N3O2/c1-9-6-11(16(17)18)10(15-8-9)7-12(14-5)13(2,3)4/h6,8,12,14H,7H2,1-5H3. The summed E-state index contributed by atoms with van der Waals surface area (Å²) in [6.07, 6.45) is 2.23. The molecule has 0 bridgehead atoms. The van der Waals surface area contributed by atoms with Gasteiger partial charge in [-0.15, -0.1) is 0 Å². The van der Waals surface area contributed by atoms with E-state index in [1.165, 1.54) is 0 Å². The van der Waals surface area contributed by atoms with Gasteiger partial charge in [-0.1, -0.05) is 20.8 Å². The molecule has 0 aliphatic heterocycles. The third-order valence-electron chi connectivity index (χ3n) is 3.07. The van der Waals surface area contributed by atoms with Crippen LogP contribution >= 0.6 is 0 Å². The fourth-order valence-electron chi connectivity index (χ4n) is 1.93. The van der Waals surface area contributed by atoms with Crippen LogP contribution < -0.4 is 5.32 Å². The lowest BCUT2D eigenvalue weighted by molar-refractivity contribution is -0.386. The predicted octanol–water partition coefficient (Wildman–Crippen LogP) is 2.47. The van der Waals surface area contributed by atoms with E-state index in [1.54, 1.807) is 12.3 Å². The Labute approximate surface area is 108 Å². The second kappa shape index (κ2) is 5.44. The van der Waals surface area contributed by atoms with Crippen LogP contribution in [-0.4, -0.2) is 23.0 Å². The second-order valence-electron chi connectivity index (χ2n) is 5.65. The smallest absolute Gasteiger partial charge is 0.291 e. The number of likely N-dealkylation sites (N-methyl/N-ethyl adjacent to an activating group) is 1. The minimum atomic E-state index is -0.356. The maximum Gasteiger partial charge on any atom is 0.291 e. The number of nitrogens with zero attached hydrogens (tertiary/aromatic N) is 2. The molecule has 0 amide bonds. The molecule has 0 radical (unpaired) electrons. The van der Waals surface area contributed by atoms with E-state index in [2.05, 4.69) is 31.1 Å². The topological polar surface area (TPSA) is 68.1 Å². The van der Waals surface area contributed by atoms with Gasteiger partial charge in [-0.05, 0) is 24.9 Å². The Morgan fingerprint density at radius 3 is 2.56 bits per heavy atom. The van der Waals surface area contributed by atoms with E-state index in [9.17, 15) is 10.1 Å². The molecule has 5 nitrogen and oxygen atoms in total. The van der Waals surface area contributed by atoms with Crippen molar-refractivity contribution in [3.8, 4) is 0 Å². The zero-order chi connectivity index (χ0) is 13.9. The summed E-state index contributed by atoms with van der Waals surface area (Å²) in [5.74, 6) is 0. The molecular formula is C13H21N3O2. The number of nitro groups is 1. The molecule has 100 valence electrons. The maximum absolute atomic E-state index is 11.0. The van der Waals surface area contributed by atoms with Gasteiger partial charge in [-0.2, -0.15) is 0 Å². The van der Waals surface area contributed by atoms with Crippen LogP contribution in [0.15, 0.2) is 12.3 Å². The Morgan fingerprint density at radius 1 is 1.50 bits per heavy atom. The molecule has 1 aromatic heterocycles. The lowest BCUT2D eigenvalue weighted by atomic mass is 9.84. The van der Waals surface area contributed by atoms with Crippen molar-refractivity contribution in [2.75, 3.05) is 7.05 Å². The molecule has 0 aliphatic carbocycles. The Morgan fingerprint density at radius 2 is 2.11 bits per heavy atom. The summed E-state index contributed by atoms with van der Waals surface area (Å²) in [4.78, 5) is 14.9. The van der Waals surface area contributed by atoms with Crippen molar-refractivity contribution in [1.29, 1.82) is 0 Å². The highest BCUT2D eigenvalue weighted by Crippen LogP contribution is 2.25. The van der Waals surface area contributed by atoms with E-state index in [4.69, 9.17) is 0 Å². The normalized spacial score (nSPS) is 13.4. The minimum Gasteiger partial charge on any atom is -0.316 e. The average Bonchev–Trinajstić information content (AvgIpc) is 2.25. The van der Waals surface area contributed by atoms with Crippen molar-refractivity contribution >= 4 is 5.69 Å². The molecule has 5 heteroatoms. The van der Waals surface area contributed by atoms with Crippen LogP contribution in [0.2, 0.25) is 0 Å². The first-order valence-electron chi connectivity index (χ1n) is 6.03. The zero-order valence-corrected chi connectivity index (χ0v) is 11.7. The molecule has 0 aromatic carbocycles. The number of aryl methyl sites for hydroxylation is 1. The third kappa shape index (κ3) is 3.50. The fourth-order valence-corrected chi connectivity index (χ4v) is 1.93. The molecule has 1 atom stereocenters. The van der Waals surface area contributed by atoms with Gasteiger partial charge in [-0.3, -0.25) is 15.1 Å². The summed E-state index contributed by atoms with van der Waals surface area (Å²) >= 11 is 0. The molecule has 1 N–H and O–H groups in total. The van der Waals surface area contributed by atoms with Crippen molar-refractivity contribution in [1.82, 2.24) is 10.3 Å². The van der Waals surface area contributed by atoms with Crippen molar-refractivity contribution < 1.29 is 4.92 Å². The Bertz CT molecular complexity index is 438. The Hall–Kier alpha value is -1.49. The van der Waals surface area contributed by atoms with Crippen molar-refractivity contribution in [2.24, 2.45) is 5.41 Å². The zero-order valence-electron chi connectivity index (χ0n) is 11.7. The summed E-state index contributed by atoms with van der Waals surface area (Å²) in [7, 11) is 1.87. The monoisotopic (exact) mass is 251 g/mol. The minimum absolute atomic E-state index is 0.0230. The van der Waals surface area contributed by atoms with E-state index < -0.39 is 0 Å². The van der Waals surface area contributed by atoms with Gasteiger partial charge in [0.05, 0.1) is 4.92 Å². The first-order chi connectivity index (χ1) is 8.25. The van der Waals surface area contributed by atoms with Gasteiger partial charge in [0, 0.05) is 24.7 Å². The summed E-state index contributed by atoms with van der Waals surface area (Å²) in [6.45, 7) is 8.12. The van der Waals surface area contributed by atoms with E-state index >= 15 is 0 Å². The van der Waals surface area contributed by atoms with Gasteiger partial charge >= 0.3 is 0 Å². The highest BCUT2D eigenvalue weighted by atomic mass is 16.6. The van der Waals surface area contributed by atoms with E-state index in [0.29, 0.717) is 12.1 Å². The number of aromatic nitrogens is 1. The third-order valence-corrected chi connectivity index (χ3v) is 3.07. The highest BCUT2D eigenvalue weighted by molar-refractivity contribution is 5.38. The predicted molar refractivity (Wildman–Crippen MR) is 71.6 cm³/mol. The van der Waals surface area contributed by atoms with Crippen LogP contribution in [0.1, 0.15) is 32.0 Å². The summed E-state index contributed by atoms with van der Waals surface area (Å²) in [5, 5.41) is 14.2. The van der Waals surface area contributed by atoms with Crippen LogP contribution in [0.25, 0.3) is 0 Å². The van der Waals surface area contributed by atoms with Crippen molar-refractivity contribution in [3.63, 3.8) is 0 Å². The summed E-state index contributed by atoms with van der Waals surface area (Å²) < 4.78 is 0. The van der Waals surface area contributed by atoms with E-state index in [0.717, 1.165) is 5.56 Å².